The number of nitrogens with zero attached hydrogens (tertiary/aromatic N) is 5. The van der Waals surface area contributed by atoms with Gasteiger partial charge in [0, 0.05) is 12.0 Å². The monoisotopic (exact) mass is 654 g/mol. The maximum atomic E-state index is 13.5. The Balaban J connectivity index is 1.84. The molecule has 3 aromatic rings. The van der Waals surface area contributed by atoms with Crippen LogP contribution in [-0.4, -0.2) is 59.9 Å². The highest BCUT2D eigenvalue weighted by atomic mass is 32.2. The molecule has 1 N–H and O–H groups in total. The van der Waals surface area contributed by atoms with E-state index in [2.05, 4.69) is 20.0 Å². The van der Waals surface area contributed by atoms with Gasteiger partial charge in [0.1, 0.15) is 0 Å². The predicted molar refractivity (Wildman–Crippen MR) is 153 cm³/mol. The zero-order chi connectivity index (χ0) is 33.5. The molecule has 0 saturated carbocycles. The summed E-state index contributed by atoms with van der Waals surface area (Å²) in [5.74, 6) is -1.80. The molecule has 0 aliphatic carbocycles. The van der Waals surface area contributed by atoms with Gasteiger partial charge in [0.15, 0.2) is 11.7 Å². The molecule has 244 valence electrons. The van der Waals surface area contributed by atoms with Crippen molar-refractivity contribution in [1.29, 1.82) is 0 Å². The van der Waals surface area contributed by atoms with Gasteiger partial charge >= 0.3 is 12.1 Å². The lowest BCUT2D eigenvalue weighted by molar-refractivity contribution is -0.711. The van der Waals surface area contributed by atoms with Crippen LogP contribution in [0.25, 0.3) is 16.9 Å². The molecule has 2 aromatic carbocycles. The number of hydrazine groups is 1. The fourth-order valence-electron chi connectivity index (χ4n) is 3.99. The SMILES string of the molecule is CCC(=O)OCON=[N+]([O-])N(C)[C@@H](CC(C)C)C(=O)NS(=O)(=O)c1ccc(-n2nc(C(F)(F)F)cc2-c2ccc(C)cc2)cc1. The Labute approximate surface area is 257 Å². The van der Waals surface area contributed by atoms with Crippen molar-refractivity contribution in [2.75, 3.05) is 13.8 Å². The summed E-state index contributed by atoms with van der Waals surface area (Å²) in [5.41, 5.74) is 0.496. The van der Waals surface area contributed by atoms with Gasteiger partial charge in [-0.1, -0.05) is 50.6 Å². The first-order valence-electron chi connectivity index (χ1n) is 13.6. The van der Waals surface area contributed by atoms with Crippen molar-refractivity contribution >= 4 is 21.9 Å². The summed E-state index contributed by atoms with van der Waals surface area (Å²) >= 11 is 0. The molecule has 0 aliphatic rings. The Hall–Kier alpha value is -4.67. The Kier molecular flexibility index (Phi) is 11.1. The van der Waals surface area contributed by atoms with Gasteiger partial charge in [-0.05, 0) is 49.6 Å². The Bertz CT molecular complexity index is 1620. The van der Waals surface area contributed by atoms with Crippen LogP contribution in [0, 0.1) is 18.0 Å². The minimum atomic E-state index is -4.72. The third-order valence-corrected chi connectivity index (χ3v) is 7.74. The number of halogens is 3. The summed E-state index contributed by atoms with van der Waals surface area (Å²) in [4.78, 5) is 28.5. The van der Waals surface area contributed by atoms with Gasteiger partial charge in [-0.3, -0.25) is 9.59 Å². The molecule has 3 rings (SSSR count). The summed E-state index contributed by atoms with van der Waals surface area (Å²) in [5, 5.41) is 20.1. The molecule has 0 saturated heterocycles. The molecule has 1 atom stereocenters. The van der Waals surface area contributed by atoms with E-state index in [4.69, 9.17) is 0 Å². The van der Waals surface area contributed by atoms with Crippen LogP contribution >= 0.6 is 0 Å². The summed E-state index contributed by atoms with van der Waals surface area (Å²) in [6, 6.07) is 11.1. The van der Waals surface area contributed by atoms with Crippen molar-refractivity contribution in [3.05, 3.63) is 71.1 Å². The van der Waals surface area contributed by atoms with Crippen LogP contribution in [0.4, 0.5) is 13.2 Å². The maximum Gasteiger partial charge on any atom is 0.435 e. The Morgan fingerprint density at radius 2 is 1.76 bits per heavy atom. The number of likely N-dealkylation sites (N-methyl/N-ethyl adjacent to an activating group) is 1. The highest BCUT2D eigenvalue weighted by molar-refractivity contribution is 7.90. The van der Waals surface area contributed by atoms with E-state index < -0.39 is 46.6 Å². The number of sulfonamides is 1. The Morgan fingerprint density at radius 3 is 2.31 bits per heavy atom. The normalized spacial score (nSPS) is 13.0. The number of alkyl halides is 3. The largest absolute Gasteiger partial charge is 0.569 e. The molecule has 0 fully saturated rings. The number of carbonyl (C=O) groups is 2. The topological polar surface area (TPSA) is 158 Å². The van der Waals surface area contributed by atoms with Crippen molar-refractivity contribution in [2.24, 2.45) is 11.2 Å². The van der Waals surface area contributed by atoms with Crippen molar-refractivity contribution in [1.82, 2.24) is 19.5 Å². The maximum absolute atomic E-state index is 13.5. The zero-order valence-electron chi connectivity index (χ0n) is 25.1. The first-order chi connectivity index (χ1) is 21.0. The van der Waals surface area contributed by atoms with Crippen LogP contribution in [0.5, 0.6) is 0 Å². The van der Waals surface area contributed by atoms with Gasteiger partial charge in [-0.25, -0.2) is 17.8 Å². The molecule has 0 aliphatic heterocycles. The van der Waals surface area contributed by atoms with E-state index in [9.17, 15) is 36.4 Å². The highest BCUT2D eigenvalue weighted by Crippen LogP contribution is 2.33. The lowest BCUT2D eigenvalue weighted by Crippen LogP contribution is -2.49. The van der Waals surface area contributed by atoms with Crippen LogP contribution in [0.15, 0.2) is 64.8 Å². The molecule has 1 aromatic heterocycles. The van der Waals surface area contributed by atoms with E-state index in [-0.39, 0.29) is 40.0 Å². The summed E-state index contributed by atoms with van der Waals surface area (Å²) in [6.45, 7) is 6.24. The van der Waals surface area contributed by atoms with Gasteiger partial charge in [-0.15, -0.1) is 5.01 Å². The van der Waals surface area contributed by atoms with Crippen molar-refractivity contribution in [3.63, 3.8) is 0 Å². The number of amides is 1. The van der Waals surface area contributed by atoms with Crippen LogP contribution < -0.4 is 4.72 Å². The van der Waals surface area contributed by atoms with E-state index in [0.717, 1.165) is 33.5 Å². The predicted octanol–water partition coefficient (Wildman–Crippen LogP) is 4.74. The minimum Gasteiger partial charge on any atom is -0.569 e. The third-order valence-electron chi connectivity index (χ3n) is 6.38. The first kappa shape index (κ1) is 34.8. The summed E-state index contributed by atoms with van der Waals surface area (Å²) in [7, 11) is -3.30. The van der Waals surface area contributed by atoms with E-state index in [1.165, 1.54) is 19.2 Å². The molecular weight excluding hydrogens is 621 g/mol. The van der Waals surface area contributed by atoms with Crippen LogP contribution in [-0.2, 0) is 35.4 Å². The van der Waals surface area contributed by atoms with Crippen LogP contribution in [0.3, 0.4) is 0 Å². The number of nitrogens with one attached hydrogen (secondary N) is 1. The molecular formula is C28H33F3N6O7S. The number of hydrogen-bond acceptors (Lipinski definition) is 9. The highest BCUT2D eigenvalue weighted by Gasteiger charge is 2.36. The van der Waals surface area contributed by atoms with E-state index in [1.54, 1.807) is 45.0 Å². The van der Waals surface area contributed by atoms with Gasteiger partial charge in [-0.2, -0.15) is 18.3 Å². The molecule has 1 amide bonds. The number of carbonyl (C=O) groups excluding carboxylic acids is 2. The number of benzene rings is 2. The fraction of sp³-hybridized carbons (Fsp3) is 0.393. The van der Waals surface area contributed by atoms with Gasteiger partial charge in [0.25, 0.3) is 22.7 Å². The number of aromatic nitrogens is 2. The number of ether oxygens (including phenoxy) is 1. The average Bonchev–Trinajstić information content (AvgIpc) is 3.44. The third kappa shape index (κ3) is 9.17. The lowest BCUT2D eigenvalue weighted by atomic mass is 10.0. The molecule has 1 heterocycles. The smallest absolute Gasteiger partial charge is 0.435 e. The minimum absolute atomic E-state index is 0.0402. The van der Waals surface area contributed by atoms with Crippen molar-refractivity contribution in [2.45, 2.75) is 57.7 Å². The van der Waals surface area contributed by atoms with Crippen LogP contribution in [0.2, 0.25) is 0 Å². The molecule has 17 heteroatoms. The molecule has 0 radical (unpaired) electrons. The zero-order valence-corrected chi connectivity index (χ0v) is 25.9. The lowest BCUT2D eigenvalue weighted by Gasteiger charge is -2.24. The summed E-state index contributed by atoms with van der Waals surface area (Å²) < 4.78 is 74.5. The Morgan fingerprint density at radius 1 is 1.13 bits per heavy atom. The van der Waals surface area contributed by atoms with Gasteiger partial charge in [0.05, 0.1) is 28.3 Å². The molecule has 13 nitrogen and oxygen atoms in total. The second-order valence-electron chi connectivity index (χ2n) is 10.3. The molecule has 0 unspecified atom stereocenters. The van der Waals surface area contributed by atoms with Crippen LogP contribution in [0.1, 0.15) is 44.9 Å². The van der Waals surface area contributed by atoms with Gasteiger partial charge in [0.2, 0.25) is 5.28 Å². The van der Waals surface area contributed by atoms with Crippen molar-refractivity contribution in [3.8, 4) is 16.9 Å². The number of aryl methyl sites for hydroxylation is 1. The second-order valence-corrected chi connectivity index (χ2v) is 12.0. The number of esters is 1. The quantitative estimate of drug-likeness (QED) is 0.0686. The standard InChI is InChI=1S/C28H33F3N6O7S/c1-6-26(38)43-17-44-34-37(40)35(5)24(15-18(2)3)27(39)33-45(41,42)22-13-11-21(12-14-22)36-23(16-25(32-36)28(29,30)31)20-9-7-19(4)8-10-20/h7-14,16,18,24H,6,15,17H2,1-5H3,(H,33,39)/t24-/m0/s1. The molecule has 0 bridgehead atoms. The molecule has 0 spiro atoms. The van der Waals surface area contributed by atoms with E-state index >= 15 is 0 Å². The second kappa shape index (κ2) is 14.4. The van der Waals surface area contributed by atoms with E-state index in [1.807, 2.05) is 11.6 Å². The van der Waals surface area contributed by atoms with Crippen molar-refractivity contribution < 1.29 is 45.7 Å². The van der Waals surface area contributed by atoms with Gasteiger partial charge < -0.3 is 14.8 Å². The molecule has 45 heavy (non-hydrogen) atoms. The summed E-state index contributed by atoms with van der Waals surface area (Å²) in [6.07, 6.45) is -4.60. The van der Waals surface area contributed by atoms with E-state index in [0.29, 0.717) is 5.56 Å². The first-order valence-corrected chi connectivity index (χ1v) is 15.1. The fourth-order valence-corrected chi connectivity index (χ4v) is 5.01. The number of hydrogen-bond donors (Lipinski definition) is 1. The average molecular weight is 655 g/mol. The number of rotatable bonds is 13.